The number of hydrogen-bond acceptors (Lipinski definition) is 3. The Morgan fingerprint density at radius 2 is 1.41 bits per heavy atom. The van der Waals surface area contributed by atoms with Crippen LogP contribution >= 0.6 is 0 Å². The first-order valence-corrected chi connectivity index (χ1v) is 9.33. The number of allylic oxidation sites excluding steroid dienone is 2. The summed E-state index contributed by atoms with van der Waals surface area (Å²) in [6, 6.07) is 0. The standard InChI is InChI=1S/C19H34N2O/c1-2-3-4-5-6-7-8-9-10-11-12-13-14-15-16-17-19-21-20-18-22-19/h12-13,18H,2-11,14-17H2,1H3. The van der Waals surface area contributed by atoms with Crippen molar-refractivity contribution in [3.05, 3.63) is 24.4 Å². The highest BCUT2D eigenvalue weighted by molar-refractivity contribution is 4.82. The molecule has 1 aromatic heterocycles. The molecule has 3 heteroatoms. The monoisotopic (exact) mass is 306 g/mol. The first-order chi connectivity index (χ1) is 10.9. The minimum atomic E-state index is 0.763. The Bertz CT molecular complexity index is 346. The summed E-state index contributed by atoms with van der Waals surface area (Å²) in [5.41, 5.74) is 0. The number of rotatable bonds is 15. The average molecular weight is 306 g/mol. The van der Waals surface area contributed by atoms with E-state index in [2.05, 4.69) is 29.3 Å². The molecule has 0 fully saturated rings. The van der Waals surface area contributed by atoms with Gasteiger partial charge in [0.25, 0.3) is 0 Å². The smallest absolute Gasteiger partial charge is 0.216 e. The SMILES string of the molecule is CCCCCCCCCCCC=CCCCCc1nnco1. The van der Waals surface area contributed by atoms with E-state index in [4.69, 9.17) is 4.42 Å². The molecule has 0 bridgehead atoms. The van der Waals surface area contributed by atoms with E-state index in [-0.39, 0.29) is 0 Å². The number of hydrogen-bond donors (Lipinski definition) is 0. The molecule has 0 aliphatic rings. The summed E-state index contributed by atoms with van der Waals surface area (Å²) < 4.78 is 5.11. The highest BCUT2D eigenvalue weighted by Crippen LogP contribution is 2.11. The summed E-state index contributed by atoms with van der Waals surface area (Å²) in [5.74, 6) is 0.763. The molecule has 1 rings (SSSR count). The van der Waals surface area contributed by atoms with Gasteiger partial charge < -0.3 is 4.42 Å². The lowest BCUT2D eigenvalue weighted by Crippen LogP contribution is -1.85. The second-order valence-corrected chi connectivity index (χ2v) is 6.17. The summed E-state index contributed by atoms with van der Waals surface area (Å²) in [6.45, 7) is 2.28. The van der Waals surface area contributed by atoms with Gasteiger partial charge in [-0.2, -0.15) is 0 Å². The van der Waals surface area contributed by atoms with Crippen LogP contribution in [0.5, 0.6) is 0 Å². The van der Waals surface area contributed by atoms with Crippen LogP contribution in [0, 0.1) is 0 Å². The molecule has 0 saturated carbocycles. The van der Waals surface area contributed by atoms with E-state index in [0.717, 1.165) is 18.7 Å². The van der Waals surface area contributed by atoms with E-state index in [1.165, 1.54) is 83.4 Å². The van der Waals surface area contributed by atoms with Crippen LogP contribution in [0.3, 0.4) is 0 Å². The molecular weight excluding hydrogens is 272 g/mol. The number of aryl methyl sites for hydroxylation is 1. The first kappa shape index (κ1) is 18.9. The first-order valence-electron chi connectivity index (χ1n) is 9.33. The topological polar surface area (TPSA) is 38.9 Å². The Balaban J connectivity index is 1.75. The van der Waals surface area contributed by atoms with Crippen LogP contribution in [0.15, 0.2) is 23.0 Å². The molecule has 0 aliphatic heterocycles. The van der Waals surface area contributed by atoms with Gasteiger partial charge in [0.1, 0.15) is 0 Å². The van der Waals surface area contributed by atoms with Gasteiger partial charge in [0.05, 0.1) is 0 Å². The Kier molecular flexibility index (Phi) is 12.7. The molecule has 0 spiro atoms. The van der Waals surface area contributed by atoms with Crippen molar-refractivity contribution in [2.75, 3.05) is 0 Å². The van der Waals surface area contributed by atoms with E-state index in [9.17, 15) is 0 Å². The maximum Gasteiger partial charge on any atom is 0.216 e. The van der Waals surface area contributed by atoms with Crippen molar-refractivity contribution in [2.45, 2.75) is 96.8 Å². The van der Waals surface area contributed by atoms with Crippen LogP contribution in [0.2, 0.25) is 0 Å². The molecule has 22 heavy (non-hydrogen) atoms. The van der Waals surface area contributed by atoms with Gasteiger partial charge in [-0.3, -0.25) is 0 Å². The fourth-order valence-electron chi connectivity index (χ4n) is 2.65. The molecule has 0 aromatic carbocycles. The normalized spacial score (nSPS) is 11.5. The number of aromatic nitrogens is 2. The van der Waals surface area contributed by atoms with Crippen molar-refractivity contribution < 1.29 is 4.42 Å². The zero-order valence-electron chi connectivity index (χ0n) is 14.4. The fourth-order valence-corrected chi connectivity index (χ4v) is 2.65. The Morgan fingerprint density at radius 1 is 0.818 bits per heavy atom. The third kappa shape index (κ3) is 11.5. The molecule has 126 valence electrons. The molecule has 0 atom stereocenters. The van der Waals surface area contributed by atoms with Crippen molar-refractivity contribution in [3.63, 3.8) is 0 Å². The third-order valence-corrected chi connectivity index (χ3v) is 4.06. The van der Waals surface area contributed by atoms with E-state index in [0.29, 0.717) is 0 Å². The lowest BCUT2D eigenvalue weighted by atomic mass is 10.1. The lowest BCUT2D eigenvalue weighted by Gasteiger charge is -2.00. The Morgan fingerprint density at radius 3 is 2.00 bits per heavy atom. The number of nitrogens with zero attached hydrogens (tertiary/aromatic N) is 2. The highest BCUT2D eigenvalue weighted by atomic mass is 16.4. The van der Waals surface area contributed by atoms with E-state index in [1.54, 1.807) is 0 Å². The molecule has 0 amide bonds. The van der Waals surface area contributed by atoms with E-state index < -0.39 is 0 Å². The minimum absolute atomic E-state index is 0.763. The number of unbranched alkanes of at least 4 members (excludes halogenated alkanes) is 11. The second kappa shape index (κ2) is 14.8. The molecule has 1 aromatic rings. The maximum atomic E-state index is 5.11. The van der Waals surface area contributed by atoms with Gasteiger partial charge in [0, 0.05) is 6.42 Å². The summed E-state index contributed by atoms with van der Waals surface area (Å²) in [4.78, 5) is 0. The van der Waals surface area contributed by atoms with Crippen LogP contribution in [0.1, 0.15) is 96.3 Å². The minimum Gasteiger partial charge on any atom is -0.428 e. The summed E-state index contributed by atoms with van der Waals surface area (Å²) >= 11 is 0. The second-order valence-electron chi connectivity index (χ2n) is 6.17. The van der Waals surface area contributed by atoms with Crippen molar-refractivity contribution in [1.29, 1.82) is 0 Å². The molecule has 0 radical (unpaired) electrons. The largest absolute Gasteiger partial charge is 0.428 e. The summed E-state index contributed by atoms with van der Waals surface area (Å²) in [5, 5.41) is 7.56. The van der Waals surface area contributed by atoms with Gasteiger partial charge in [-0.15, -0.1) is 10.2 Å². The van der Waals surface area contributed by atoms with Gasteiger partial charge in [-0.05, 0) is 32.1 Å². The van der Waals surface area contributed by atoms with Crippen molar-refractivity contribution in [3.8, 4) is 0 Å². The molecule has 1 heterocycles. The lowest BCUT2D eigenvalue weighted by molar-refractivity contribution is 0.482. The van der Waals surface area contributed by atoms with Crippen LogP contribution < -0.4 is 0 Å². The summed E-state index contributed by atoms with van der Waals surface area (Å²) in [6.07, 6.45) is 24.4. The highest BCUT2D eigenvalue weighted by Gasteiger charge is 1.96. The molecule has 0 aliphatic carbocycles. The van der Waals surface area contributed by atoms with Crippen LogP contribution in [0.4, 0.5) is 0 Å². The quantitative estimate of drug-likeness (QED) is 0.283. The molecule has 0 N–H and O–H groups in total. The zero-order chi connectivity index (χ0) is 15.7. The van der Waals surface area contributed by atoms with Gasteiger partial charge in [-0.25, -0.2) is 0 Å². The van der Waals surface area contributed by atoms with Crippen molar-refractivity contribution in [2.24, 2.45) is 0 Å². The molecule has 0 saturated heterocycles. The zero-order valence-corrected chi connectivity index (χ0v) is 14.4. The molecule has 3 nitrogen and oxygen atoms in total. The Labute approximate surface area is 136 Å². The van der Waals surface area contributed by atoms with E-state index >= 15 is 0 Å². The van der Waals surface area contributed by atoms with Gasteiger partial charge >= 0.3 is 0 Å². The fraction of sp³-hybridized carbons (Fsp3) is 0.789. The Hall–Kier alpha value is -1.12. The van der Waals surface area contributed by atoms with Crippen molar-refractivity contribution in [1.82, 2.24) is 10.2 Å². The molecule has 0 unspecified atom stereocenters. The van der Waals surface area contributed by atoms with Crippen LogP contribution in [-0.2, 0) is 6.42 Å². The molecular formula is C19H34N2O. The van der Waals surface area contributed by atoms with Gasteiger partial charge in [0.2, 0.25) is 12.3 Å². The maximum absolute atomic E-state index is 5.11. The predicted molar refractivity (Wildman–Crippen MR) is 92.8 cm³/mol. The van der Waals surface area contributed by atoms with Crippen LogP contribution in [-0.4, -0.2) is 10.2 Å². The van der Waals surface area contributed by atoms with Gasteiger partial charge in [0.15, 0.2) is 0 Å². The van der Waals surface area contributed by atoms with Gasteiger partial charge in [-0.1, -0.05) is 70.4 Å². The van der Waals surface area contributed by atoms with E-state index in [1.807, 2.05) is 0 Å². The van der Waals surface area contributed by atoms with Crippen molar-refractivity contribution >= 4 is 0 Å². The third-order valence-electron chi connectivity index (χ3n) is 4.06. The van der Waals surface area contributed by atoms with Crippen LogP contribution in [0.25, 0.3) is 0 Å². The predicted octanol–water partition coefficient (Wildman–Crippen LogP) is 6.26. The summed E-state index contributed by atoms with van der Waals surface area (Å²) in [7, 11) is 0. The average Bonchev–Trinajstić information content (AvgIpc) is 3.04.